The molecule has 74 valence electrons. The van der Waals surface area contributed by atoms with Gasteiger partial charge in [0.15, 0.2) is 5.06 Å². The average molecular weight is 229 g/mol. The van der Waals surface area contributed by atoms with E-state index in [0.29, 0.717) is 11.4 Å². The molecule has 4 heteroatoms. The quantitative estimate of drug-likeness (QED) is 0.776. The number of aromatic hydroxyl groups is 1. The smallest absolute Gasteiger partial charge is 0.177 e. The Morgan fingerprint density at radius 3 is 2.79 bits per heavy atom. The summed E-state index contributed by atoms with van der Waals surface area (Å²) < 4.78 is 0.963. The molecule has 0 atom stereocenters. The van der Waals surface area contributed by atoms with Crippen molar-refractivity contribution >= 4 is 33.0 Å². The maximum Gasteiger partial charge on any atom is 0.177 e. The second-order valence-electron chi connectivity index (χ2n) is 2.97. The summed E-state index contributed by atoms with van der Waals surface area (Å²) in [6.45, 7) is -0.153. The van der Waals surface area contributed by atoms with E-state index in [1.54, 1.807) is 0 Å². The molecule has 0 fully saturated rings. The van der Waals surface area contributed by atoms with E-state index in [-0.39, 0.29) is 11.7 Å². The van der Waals surface area contributed by atoms with Gasteiger partial charge in [-0.2, -0.15) is 0 Å². The van der Waals surface area contributed by atoms with Gasteiger partial charge in [-0.25, -0.2) is 0 Å². The fraction of sp³-hybridized carbons (Fsp3) is 0.200. The summed E-state index contributed by atoms with van der Waals surface area (Å²) in [6, 6.07) is 5.72. The van der Waals surface area contributed by atoms with Gasteiger partial charge in [-0.05, 0) is 11.6 Å². The molecule has 14 heavy (non-hydrogen) atoms. The first-order valence-corrected chi connectivity index (χ1v) is 5.52. The zero-order valence-corrected chi connectivity index (χ0v) is 8.90. The summed E-state index contributed by atoms with van der Waals surface area (Å²) in [5.74, 6) is 0.389. The van der Waals surface area contributed by atoms with Crippen molar-refractivity contribution in [3.05, 3.63) is 29.3 Å². The van der Waals surface area contributed by atoms with Crippen LogP contribution in [0.15, 0.2) is 18.2 Å². The number of aliphatic hydroxyl groups is 1. The third-order valence-corrected chi connectivity index (χ3v) is 3.47. The third kappa shape index (κ3) is 1.38. The van der Waals surface area contributed by atoms with Gasteiger partial charge in [0, 0.05) is 21.5 Å². The van der Waals surface area contributed by atoms with Crippen molar-refractivity contribution in [3.8, 4) is 5.06 Å². The summed E-state index contributed by atoms with van der Waals surface area (Å²) in [5, 5.41) is 19.8. The topological polar surface area (TPSA) is 40.5 Å². The molecule has 0 bridgehead atoms. The lowest BCUT2D eigenvalue weighted by Gasteiger charge is -2.00. The van der Waals surface area contributed by atoms with E-state index in [2.05, 4.69) is 0 Å². The molecule has 0 radical (unpaired) electrons. The lowest BCUT2D eigenvalue weighted by molar-refractivity contribution is 0.278. The highest BCUT2D eigenvalue weighted by Crippen LogP contribution is 2.38. The van der Waals surface area contributed by atoms with Crippen molar-refractivity contribution < 1.29 is 10.2 Å². The lowest BCUT2D eigenvalue weighted by Crippen LogP contribution is -1.85. The van der Waals surface area contributed by atoms with Crippen LogP contribution in [0.3, 0.4) is 0 Å². The van der Waals surface area contributed by atoms with Gasteiger partial charge in [0.2, 0.25) is 0 Å². The number of benzene rings is 1. The number of halogens is 1. The molecule has 0 unspecified atom stereocenters. The molecule has 0 aliphatic carbocycles. The van der Waals surface area contributed by atoms with Gasteiger partial charge in [-0.3, -0.25) is 0 Å². The minimum absolute atomic E-state index is 0.153. The standard InChI is InChI=1S/C10H9ClO2S/c11-4-6-2-1-3-8-9(6)7(5-12)10(13)14-8/h1-3,12-13H,4-5H2. The fourth-order valence-corrected chi connectivity index (χ4v) is 2.76. The van der Waals surface area contributed by atoms with Crippen LogP contribution in [0.2, 0.25) is 0 Å². The minimum atomic E-state index is -0.153. The Labute approximate surface area is 90.4 Å². The highest BCUT2D eigenvalue weighted by Gasteiger charge is 2.12. The predicted octanol–water partition coefficient (Wildman–Crippen LogP) is 2.84. The van der Waals surface area contributed by atoms with Crippen LogP contribution in [0.1, 0.15) is 11.1 Å². The number of alkyl halides is 1. The summed E-state index contributed by atoms with van der Waals surface area (Å²) in [6.07, 6.45) is 0. The monoisotopic (exact) mass is 228 g/mol. The van der Waals surface area contributed by atoms with Crippen LogP contribution in [0.5, 0.6) is 5.06 Å². The van der Waals surface area contributed by atoms with Crippen LogP contribution in [-0.4, -0.2) is 10.2 Å². The maximum absolute atomic E-state index is 9.57. The van der Waals surface area contributed by atoms with Crippen molar-refractivity contribution in [2.45, 2.75) is 12.5 Å². The molecule has 0 aliphatic heterocycles. The molecule has 2 aromatic rings. The number of hydrogen-bond donors (Lipinski definition) is 2. The minimum Gasteiger partial charge on any atom is -0.499 e. The van der Waals surface area contributed by atoms with Crippen LogP contribution < -0.4 is 0 Å². The molecule has 0 amide bonds. The van der Waals surface area contributed by atoms with Crippen molar-refractivity contribution in [1.82, 2.24) is 0 Å². The Morgan fingerprint density at radius 1 is 1.36 bits per heavy atom. The molecule has 1 heterocycles. The second-order valence-corrected chi connectivity index (χ2v) is 4.27. The average Bonchev–Trinajstić information content (AvgIpc) is 2.52. The lowest BCUT2D eigenvalue weighted by atomic mass is 10.1. The van der Waals surface area contributed by atoms with E-state index < -0.39 is 0 Å². The van der Waals surface area contributed by atoms with Crippen LogP contribution >= 0.6 is 22.9 Å². The molecule has 1 aromatic carbocycles. The zero-order chi connectivity index (χ0) is 10.1. The van der Waals surface area contributed by atoms with Crippen LogP contribution in [-0.2, 0) is 12.5 Å². The summed E-state index contributed by atoms with van der Waals surface area (Å²) in [4.78, 5) is 0. The Bertz CT molecular complexity index is 464. The van der Waals surface area contributed by atoms with Gasteiger partial charge in [-0.15, -0.1) is 11.6 Å². The van der Waals surface area contributed by atoms with Gasteiger partial charge in [0.1, 0.15) is 0 Å². The molecular formula is C10H9ClO2S. The first-order valence-electron chi connectivity index (χ1n) is 4.17. The van der Waals surface area contributed by atoms with Crippen molar-refractivity contribution in [2.24, 2.45) is 0 Å². The molecule has 2 nitrogen and oxygen atoms in total. The van der Waals surface area contributed by atoms with Gasteiger partial charge in [0.05, 0.1) is 6.61 Å². The van der Waals surface area contributed by atoms with E-state index in [1.807, 2.05) is 18.2 Å². The van der Waals surface area contributed by atoms with E-state index >= 15 is 0 Å². The van der Waals surface area contributed by atoms with Gasteiger partial charge in [-0.1, -0.05) is 23.5 Å². The molecule has 0 aliphatic rings. The maximum atomic E-state index is 9.57. The summed E-state index contributed by atoms with van der Waals surface area (Å²) in [7, 11) is 0. The highest BCUT2D eigenvalue weighted by molar-refractivity contribution is 7.20. The van der Waals surface area contributed by atoms with Crippen LogP contribution in [0, 0.1) is 0 Å². The Kier molecular flexibility index (Phi) is 2.63. The first-order chi connectivity index (χ1) is 6.77. The Hall–Kier alpha value is -0.770. The number of aliphatic hydroxyl groups excluding tert-OH is 1. The van der Waals surface area contributed by atoms with E-state index in [1.165, 1.54) is 11.3 Å². The highest BCUT2D eigenvalue weighted by atomic mass is 35.5. The molecule has 2 N–H and O–H groups in total. The first kappa shape index (κ1) is 9.77. The second kappa shape index (κ2) is 3.77. The number of thiophene rings is 1. The van der Waals surface area contributed by atoms with Crippen molar-refractivity contribution in [1.29, 1.82) is 0 Å². The van der Waals surface area contributed by atoms with E-state index in [4.69, 9.17) is 16.7 Å². The summed E-state index contributed by atoms with van der Waals surface area (Å²) >= 11 is 7.06. The van der Waals surface area contributed by atoms with E-state index in [0.717, 1.165) is 15.6 Å². The SMILES string of the molecule is OCc1c(O)sc2cccc(CCl)c12. The van der Waals surface area contributed by atoms with Gasteiger partial charge >= 0.3 is 0 Å². The third-order valence-electron chi connectivity index (χ3n) is 2.18. The van der Waals surface area contributed by atoms with Gasteiger partial charge < -0.3 is 10.2 Å². The van der Waals surface area contributed by atoms with E-state index in [9.17, 15) is 5.11 Å². The molecule has 2 rings (SSSR count). The largest absolute Gasteiger partial charge is 0.499 e. The Morgan fingerprint density at radius 2 is 2.14 bits per heavy atom. The van der Waals surface area contributed by atoms with Crippen molar-refractivity contribution in [2.75, 3.05) is 0 Å². The number of hydrogen-bond acceptors (Lipinski definition) is 3. The number of fused-ring (bicyclic) bond motifs is 1. The number of rotatable bonds is 2. The molecule has 0 saturated carbocycles. The fourth-order valence-electron chi connectivity index (χ4n) is 1.53. The van der Waals surface area contributed by atoms with Crippen LogP contribution in [0.25, 0.3) is 10.1 Å². The molecular weight excluding hydrogens is 220 g/mol. The van der Waals surface area contributed by atoms with Crippen molar-refractivity contribution in [3.63, 3.8) is 0 Å². The van der Waals surface area contributed by atoms with Gasteiger partial charge in [0.25, 0.3) is 0 Å². The predicted molar refractivity (Wildman–Crippen MR) is 59.0 cm³/mol. The summed E-state index contributed by atoms with van der Waals surface area (Å²) in [5.41, 5.74) is 1.53. The van der Waals surface area contributed by atoms with Crippen LogP contribution in [0.4, 0.5) is 0 Å². The molecule has 0 saturated heterocycles. The molecule has 1 aromatic heterocycles. The zero-order valence-electron chi connectivity index (χ0n) is 7.33. The molecule has 0 spiro atoms. The normalized spacial score (nSPS) is 11.0. The Balaban J connectivity index is 2.82.